The van der Waals surface area contributed by atoms with Gasteiger partial charge in [0.05, 0.1) is 11.7 Å². The number of carbonyl (C=O) groups is 1. The van der Waals surface area contributed by atoms with Crippen LogP contribution in [0.1, 0.15) is 5.56 Å². The molecule has 2 heterocycles. The number of hydrogen-bond acceptors (Lipinski definition) is 5. The molecule has 0 fully saturated rings. The Morgan fingerprint density at radius 3 is 2.55 bits per heavy atom. The lowest BCUT2D eigenvalue weighted by Crippen LogP contribution is -1.99. The fourth-order valence-corrected chi connectivity index (χ4v) is 3.54. The summed E-state index contributed by atoms with van der Waals surface area (Å²) in [6.07, 6.45) is 6.30. The van der Waals surface area contributed by atoms with Gasteiger partial charge < -0.3 is 10.4 Å². The second kappa shape index (κ2) is 8.76. The molecule has 5 rings (SSSR count). The summed E-state index contributed by atoms with van der Waals surface area (Å²) in [5.41, 5.74) is 5.35. The number of para-hydroxylation sites is 1. The molecule has 0 aliphatic carbocycles. The highest BCUT2D eigenvalue weighted by molar-refractivity contribution is 5.92. The molecule has 3 N–H and O–H groups in total. The van der Waals surface area contributed by atoms with Crippen LogP contribution in [0.25, 0.3) is 39.5 Å². The number of nitrogens with zero attached hydrogens (tertiary/aromatic N) is 3. The summed E-state index contributed by atoms with van der Waals surface area (Å²) in [5, 5.41) is 20.0. The standard InChI is InChI=1S/C26H19N5O2/c32-24(33)13-8-17-4-3-5-19(14-17)25-30-23-7-2-1-6-22(23)26(31-25)29-21-11-9-18(10-12-21)20-15-27-28-16-20/h1-16H,(H,27,28)(H,32,33)(H,29,30,31). The molecular weight excluding hydrogens is 414 g/mol. The van der Waals surface area contributed by atoms with Crippen molar-refractivity contribution < 1.29 is 9.90 Å². The van der Waals surface area contributed by atoms with Gasteiger partial charge in [0.2, 0.25) is 0 Å². The first-order valence-electron chi connectivity index (χ1n) is 10.3. The van der Waals surface area contributed by atoms with E-state index in [4.69, 9.17) is 15.1 Å². The fourth-order valence-electron chi connectivity index (χ4n) is 3.54. The first-order chi connectivity index (χ1) is 16.2. The maximum absolute atomic E-state index is 10.9. The third kappa shape index (κ3) is 4.47. The molecule has 0 saturated carbocycles. The molecule has 0 aliphatic rings. The van der Waals surface area contributed by atoms with Gasteiger partial charge in [0, 0.05) is 34.5 Å². The van der Waals surface area contributed by atoms with Gasteiger partial charge in [-0.1, -0.05) is 42.5 Å². The van der Waals surface area contributed by atoms with Gasteiger partial charge in [-0.25, -0.2) is 14.8 Å². The Morgan fingerprint density at radius 2 is 1.76 bits per heavy atom. The van der Waals surface area contributed by atoms with Gasteiger partial charge in [0.25, 0.3) is 0 Å². The van der Waals surface area contributed by atoms with Crippen LogP contribution in [0.4, 0.5) is 11.5 Å². The Kier molecular flexibility index (Phi) is 5.35. The average molecular weight is 433 g/mol. The van der Waals surface area contributed by atoms with Gasteiger partial charge in [0.15, 0.2) is 5.82 Å². The lowest BCUT2D eigenvalue weighted by molar-refractivity contribution is -0.131. The van der Waals surface area contributed by atoms with Crippen molar-refractivity contribution in [2.75, 3.05) is 5.32 Å². The van der Waals surface area contributed by atoms with Crippen molar-refractivity contribution in [1.82, 2.24) is 20.2 Å². The maximum atomic E-state index is 10.9. The van der Waals surface area contributed by atoms with E-state index in [0.29, 0.717) is 11.6 Å². The van der Waals surface area contributed by atoms with Crippen molar-refractivity contribution in [2.24, 2.45) is 0 Å². The fraction of sp³-hybridized carbons (Fsp3) is 0. The molecule has 0 spiro atoms. The smallest absolute Gasteiger partial charge is 0.328 e. The number of nitrogens with one attached hydrogen (secondary N) is 2. The van der Waals surface area contributed by atoms with Crippen LogP contribution < -0.4 is 5.32 Å². The van der Waals surface area contributed by atoms with Crippen molar-refractivity contribution >= 4 is 34.5 Å². The summed E-state index contributed by atoms with van der Waals surface area (Å²) >= 11 is 0. The molecule has 0 unspecified atom stereocenters. The van der Waals surface area contributed by atoms with Crippen LogP contribution in [0.2, 0.25) is 0 Å². The van der Waals surface area contributed by atoms with E-state index in [9.17, 15) is 4.79 Å². The number of benzene rings is 3. The second-order valence-corrected chi connectivity index (χ2v) is 7.40. The number of fused-ring (bicyclic) bond motifs is 1. The van der Waals surface area contributed by atoms with Gasteiger partial charge in [-0.3, -0.25) is 5.10 Å². The molecule has 0 amide bonds. The predicted octanol–water partition coefficient (Wildman–Crippen LogP) is 5.53. The number of hydrogen-bond donors (Lipinski definition) is 3. The maximum Gasteiger partial charge on any atom is 0.328 e. The Hall–Kier alpha value is -4.78. The van der Waals surface area contributed by atoms with Crippen LogP contribution >= 0.6 is 0 Å². The minimum Gasteiger partial charge on any atom is -0.478 e. The molecule has 2 aromatic heterocycles. The molecule has 0 aliphatic heterocycles. The summed E-state index contributed by atoms with van der Waals surface area (Å²) in [5.74, 6) is 0.252. The van der Waals surface area contributed by atoms with Crippen LogP contribution in [-0.2, 0) is 4.79 Å². The third-order valence-electron chi connectivity index (χ3n) is 5.15. The van der Waals surface area contributed by atoms with Crippen LogP contribution in [0.3, 0.4) is 0 Å². The van der Waals surface area contributed by atoms with Crippen LogP contribution in [-0.4, -0.2) is 31.2 Å². The van der Waals surface area contributed by atoms with E-state index in [1.807, 2.05) is 79.0 Å². The zero-order chi connectivity index (χ0) is 22.6. The lowest BCUT2D eigenvalue weighted by Gasteiger charge is -2.12. The lowest BCUT2D eigenvalue weighted by atomic mass is 10.1. The number of carboxylic acid groups (broad SMARTS) is 1. The van der Waals surface area contributed by atoms with Gasteiger partial charge in [-0.05, 0) is 47.5 Å². The molecule has 7 heteroatoms. The quantitative estimate of drug-likeness (QED) is 0.304. The highest BCUT2D eigenvalue weighted by Crippen LogP contribution is 2.29. The van der Waals surface area contributed by atoms with E-state index < -0.39 is 5.97 Å². The zero-order valence-electron chi connectivity index (χ0n) is 17.4. The Morgan fingerprint density at radius 1 is 0.909 bits per heavy atom. The highest BCUT2D eigenvalue weighted by atomic mass is 16.4. The molecule has 5 aromatic rings. The Bertz CT molecular complexity index is 1460. The first kappa shape index (κ1) is 20.1. The number of aliphatic carboxylic acids is 1. The summed E-state index contributed by atoms with van der Waals surface area (Å²) < 4.78 is 0. The number of rotatable bonds is 6. The Balaban J connectivity index is 1.52. The summed E-state index contributed by atoms with van der Waals surface area (Å²) in [4.78, 5) is 20.4. The van der Waals surface area contributed by atoms with Crippen molar-refractivity contribution in [1.29, 1.82) is 0 Å². The van der Waals surface area contributed by atoms with E-state index in [2.05, 4.69) is 15.5 Å². The molecule has 160 valence electrons. The first-order valence-corrected chi connectivity index (χ1v) is 10.3. The third-order valence-corrected chi connectivity index (χ3v) is 5.15. The molecule has 0 atom stereocenters. The van der Waals surface area contributed by atoms with Crippen molar-refractivity contribution in [2.45, 2.75) is 0 Å². The molecule has 0 bridgehead atoms. The van der Waals surface area contributed by atoms with Crippen LogP contribution in [0.15, 0.2) is 91.3 Å². The minimum absolute atomic E-state index is 0.553. The normalized spacial score (nSPS) is 11.2. The summed E-state index contributed by atoms with van der Waals surface area (Å²) in [6, 6.07) is 23.3. The number of aromatic nitrogens is 4. The summed E-state index contributed by atoms with van der Waals surface area (Å²) in [6.45, 7) is 0. The van der Waals surface area contributed by atoms with Crippen molar-refractivity contribution in [3.05, 3.63) is 96.8 Å². The van der Waals surface area contributed by atoms with E-state index in [-0.39, 0.29) is 0 Å². The van der Waals surface area contributed by atoms with Gasteiger partial charge in [-0.15, -0.1) is 0 Å². The van der Waals surface area contributed by atoms with Crippen LogP contribution in [0.5, 0.6) is 0 Å². The number of carboxylic acids is 1. The van der Waals surface area contributed by atoms with Gasteiger partial charge in [-0.2, -0.15) is 5.10 Å². The predicted molar refractivity (Wildman–Crippen MR) is 129 cm³/mol. The largest absolute Gasteiger partial charge is 0.478 e. The number of aromatic amines is 1. The van der Waals surface area contributed by atoms with Crippen molar-refractivity contribution in [3.63, 3.8) is 0 Å². The molecule has 0 saturated heterocycles. The SMILES string of the molecule is O=C(O)C=Cc1cccc(-c2nc(Nc3ccc(-c4cn[nH]c4)cc3)c3ccccc3n2)c1. The minimum atomic E-state index is -0.993. The van der Waals surface area contributed by atoms with E-state index in [1.54, 1.807) is 12.3 Å². The highest BCUT2D eigenvalue weighted by Gasteiger charge is 2.10. The molecular formula is C26H19N5O2. The van der Waals surface area contributed by atoms with Crippen LogP contribution in [0, 0.1) is 0 Å². The monoisotopic (exact) mass is 433 g/mol. The number of H-pyrrole nitrogens is 1. The molecule has 3 aromatic carbocycles. The van der Waals surface area contributed by atoms with Gasteiger partial charge >= 0.3 is 5.97 Å². The topological polar surface area (TPSA) is 104 Å². The molecule has 33 heavy (non-hydrogen) atoms. The summed E-state index contributed by atoms with van der Waals surface area (Å²) in [7, 11) is 0. The van der Waals surface area contributed by atoms with E-state index in [1.165, 1.54) is 0 Å². The van der Waals surface area contributed by atoms with Gasteiger partial charge in [0.1, 0.15) is 5.82 Å². The van der Waals surface area contributed by atoms with E-state index in [0.717, 1.165) is 44.9 Å². The Labute approximate surface area is 189 Å². The average Bonchev–Trinajstić information content (AvgIpc) is 3.38. The molecule has 7 nitrogen and oxygen atoms in total. The van der Waals surface area contributed by atoms with Crippen molar-refractivity contribution in [3.8, 4) is 22.5 Å². The van der Waals surface area contributed by atoms with E-state index >= 15 is 0 Å². The zero-order valence-corrected chi connectivity index (χ0v) is 17.4. The molecule has 0 radical (unpaired) electrons. The second-order valence-electron chi connectivity index (χ2n) is 7.40. The number of anilines is 2.